The van der Waals surface area contributed by atoms with E-state index in [1.807, 2.05) is 6.92 Å². The predicted molar refractivity (Wildman–Crippen MR) is 68.2 cm³/mol. The Balaban J connectivity index is 2.08. The zero-order valence-corrected chi connectivity index (χ0v) is 11.4. The molecular weight excluding hydrogens is 236 g/mol. The zero-order valence-electron chi connectivity index (χ0n) is 10.7. The van der Waals surface area contributed by atoms with Gasteiger partial charge in [0.2, 0.25) is 0 Å². The van der Waals surface area contributed by atoms with E-state index in [0.29, 0.717) is 23.3 Å². The number of nitrogens with zero attached hydrogens (tertiary/aromatic N) is 2. The van der Waals surface area contributed by atoms with Crippen LogP contribution in [0.3, 0.4) is 0 Å². The summed E-state index contributed by atoms with van der Waals surface area (Å²) in [6.07, 6.45) is 3.69. The number of carbonyl (C=O) groups excluding carboxylic acids is 1. The van der Waals surface area contributed by atoms with Crippen LogP contribution in [0.5, 0.6) is 0 Å². The van der Waals surface area contributed by atoms with Crippen LogP contribution in [0.2, 0.25) is 5.15 Å². The lowest BCUT2D eigenvalue weighted by Gasteiger charge is -2.08. The summed E-state index contributed by atoms with van der Waals surface area (Å²) < 4.78 is 1.64. The second kappa shape index (κ2) is 4.81. The number of hydrogen-bond donors (Lipinski definition) is 0. The minimum atomic E-state index is 0.237. The molecule has 0 aromatic carbocycles. The molecule has 4 heteroatoms. The van der Waals surface area contributed by atoms with E-state index in [9.17, 15) is 4.79 Å². The summed E-state index contributed by atoms with van der Waals surface area (Å²) in [4.78, 5) is 12.2. The quantitative estimate of drug-likeness (QED) is 0.831. The molecule has 0 amide bonds. The number of hydrogen-bond acceptors (Lipinski definition) is 2. The third-order valence-corrected chi connectivity index (χ3v) is 4.24. The summed E-state index contributed by atoms with van der Waals surface area (Å²) in [5.41, 5.74) is 1.77. The summed E-state index contributed by atoms with van der Waals surface area (Å²) in [5.74, 6) is 1.25. The van der Waals surface area contributed by atoms with Gasteiger partial charge < -0.3 is 0 Å². The van der Waals surface area contributed by atoms with Crippen LogP contribution >= 0.6 is 11.6 Å². The molecule has 0 radical (unpaired) electrons. The van der Waals surface area contributed by atoms with Crippen LogP contribution in [-0.2, 0) is 18.3 Å². The van der Waals surface area contributed by atoms with E-state index < -0.39 is 0 Å². The van der Waals surface area contributed by atoms with Crippen molar-refractivity contribution in [3.63, 3.8) is 0 Å². The predicted octanol–water partition coefficient (Wildman–Crippen LogP) is 2.93. The standard InChI is InChI=1S/C13H19ClN2O/c1-8-4-5-10(6-8)12(17)7-11-9(2)15-16(3)13(11)14/h8,10H,4-7H2,1-3H3. The Labute approximate surface area is 107 Å². The molecule has 1 aliphatic carbocycles. The third-order valence-electron chi connectivity index (χ3n) is 3.77. The van der Waals surface area contributed by atoms with Gasteiger partial charge in [-0.25, -0.2) is 0 Å². The molecule has 2 atom stereocenters. The highest BCUT2D eigenvalue weighted by molar-refractivity contribution is 6.30. The smallest absolute Gasteiger partial charge is 0.140 e. The molecule has 0 N–H and O–H groups in total. The summed E-state index contributed by atoms with van der Waals surface area (Å²) in [6, 6.07) is 0. The lowest BCUT2D eigenvalue weighted by atomic mass is 9.96. The molecule has 0 saturated heterocycles. The van der Waals surface area contributed by atoms with Crippen LogP contribution in [0.25, 0.3) is 0 Å². The first kappa shape index (κ1) is 12.6. The summed E-state index contributed by atoms with van der Waals surface area (Å²) >= 11 is 6.14. The molecule has 1 saturated carbocycles. The van der Waals surface area contributed by atoms with Crippen molar-refractivity contribution < 1.29 is 4.79 Å². The van der Waals surface area contributed by atoms with Gasteiger partial charge in [-0.05, 0) is 32.1 Å². The molecular formula is C13H19ClN2O. The Hall–Kier alpha value is -0.830. The molecule has 94 valence electrons. The van der Waals surface area contributed by atoms with Crippen molar-refractivity contribution in [1.29, 1.82) is 0 Å². The Morgan fingerprint density at radius 3 is 2.71 bits per heavy atom. The van der Waals surface area contributed by atoms with E-state index in [1.165, 1.54) is 6.42 Å². The van der Waals surface area contributed by atoms with Gasteiger partial charge in [-0.2, -0.15) is 5.10 Å². The van der Waals surface area contributed by atoms with Gasteiger partial charge in [0.05, 0.1) is 5.69 Å². The summed E-state index contributed by atoms with van der Waals surface area (Å²) in [6.45, 7) is 4.13. The fraction of sp³-hybridized carbons (Fsp3) is 0.692. The number of rotatable bonds is 3. The van der Waals surface area contributed by atoms with Crippen molar-refractivity contribution in [1.82, 2.24) is 9.78 Å². The third kappa shape index (κ3) is 2.54. The van der Waals surface area contributed by atoms with Crippen LogP contribution in [0.4, 0.5) is 0 Å². The van der Waals surface area contributed by atoms with E-state index in [-0.39, 0.29) is 5.92 Å². The normalized spacial score (nSPS) is 24.2. The Morgan fingerprint density at radius 1 is 1.53 bits per heavy atom. The van der Waals surface area contributed by atoms with Gasteiger partial charge in [0.1, 0.15) is 10.9 Å². The molecule has 1 aromatic heterocycles. The molecule has 1 aliphatic rings. The summed E-state index contributed by atoms with van der Waals surface area (Å²) in [7, 11) is 1.81. The van der Waals surface area contributed by atoms with E-state index in [0.717, 1.165) is 24.1 Å². The average molecular weight is 255 g/mol. The first-order chi connectivity index (χ1) is 7.99. The van der Waals surface area contributed by atoms with Gasteiger partial charge >= 0.3 is 0 Å². The summed E-state index contributed by atoms with van der Waals surface area (Å²) in [5, 5.41) is 4.84. The maximum Gasteiger partial charge on any atom is 0.140 e. The van der Waals surface area contributed by atoms with Crippen LogP contribution < -0.4 is 0 Å². The number of aromatic nitrogens is 2. The van der Waals surface area contributed by atoms with Crippen LogP contribution in [-0.4, -0.2) is 15.6 Å². The van der Waals surface area contributed by atoms with E-state index >= 15 is 0 Å². The minimum absolute atomic E-state index is 0.237. The lowest BCUT2D eigenvalue weighted by Crippen LogP contribution is -2.14. The topological polar surface area (TPSA) is 34.9 Å². The van der Waals surface area contributed by atoms with Crippen molar-refractivity contribution in [2.75, 3.05) is 0 Å². The first-order valence-corrected chi connectivity index (χ1v) is 6.57. The fourth-order valence-electron chi connectivity index (χ4n) is 2.69. The minimum Gasteiger partial charge on any atom is -0.299 e. The van der Waals surface area contributed by atoms with Crippen LogP contribution in [0.1, 0.15) is 37.4 Å². The second-order valence-electron chi connectivity index (χ2n) is 5.24. The van der Waals surface area contributed by atoms with Gasteiger partial charge in [0.25, 0.3) is 0 Å². The van der Waals surface area contributed by atoms with Gasteiger partial charge in [-0.1, -0.05) is 18.5 Å². The molecule has 1 fully saturated rings. The van der Waals surface area contributed by atoms with Crippen LogP contribution in [0, 0.1) is 18.8 Å². The second-order valence-corrected chi connectivity index (χ2v) is 5.59. The Kier molecular flexibility index (Phi) is 3.57. The maximum absolute atomic E-state index is 12.2. The molecule has 17 heavy (non-hydrogen) atoms. The highest BCUT2D eigenvalue weighted by Crippen LogP contribution is 2.32. The molecule has 2 rings (SSSR count). The largest absolute Gasteiger partial charge is 0.299 e. The number of Topliss-reactive ketones (excluding diaryl/α,β-unsaturated/α-hetero) is 1. The molecule has 0 bridgehead atoms. The molecule has 3 nitrogen and oxygen atoms in total. The Bertz CT molecular complexity index is 439. The van der Waals surface area contributed by atoms with Crippen molar-refractivity contribution in [3.05, 3.63) is 16.4 Å². The molecule has 0 aliphatic heterocycles. The van der Waals surface area contributed by atoms with E-state index in [4.69, 9.17) is 11.6 Å². The van der Waals surface area contributed by atoms with Gasteiger partial charge in [0, 0.05) is 24.9 Å². The Morgan fingerprint density at radius 2 is 2.24 bits per heavy atom. The average Bonchev–Trinajstić information content (AvgIpc) is 2.79. The molecule has 0 spiro atoms. The van der Waals surface area contributed by atoms with Crippen molar-refractivity contribution in [2.24, 2.45) is 18.9 Å². The zero-order chi connectivity index (χ0) is 12.6. The highest BCUT2D eigenvalue weighted by Gasteiger charge is 2.28. The fourth-order valence-corrected chi connectivity index (χ4v) is 2.93. The van der Waals surface area contributed by atoms with Crippen molar-refractivity contribution in [3.8, 4) is 0 Å². The monoisotopic (exact) mass is 254 g/mol. The van der Waals surface area contributed by atoms with E-state index in [2.05, 4.69) is 12.0 Å². The first-order valence-electron chi connectivity index (χ1n) is 6.19. The number of ketones is 1. The highest BCUT2D eigenvalue weighted by atomic mass is 35.5. The molecule has 2 unspecified atom stereocenters. The van der Waals surface area contributed by atoms with Gasteiger partial charge in [-0.15, -0.1) is 0 Å². The van der Waals surface area contributed by atoms with Crippen molar-refractivity contribution in [2.45, 2.75) is 39.5 Å². The van der Waals surface area contributed by atoms with Crippen molar-refractivity contribution >= 4 is 17.4 Å². The maximum atomic E-state index is 12.2. The van der Waals surface area contributed by atoms with Gasteiger partial charge in [-0.3, -0.25) is 9.48 Å². The SMILES string of the molecule is Cc1nn(C)c(Cl)c1CC(=O)C1CCC(C)C1. The molecule has 1 aromatic rings. The van der Waals surface area contributed by atoms with E-state index in [1.54, 1.807) is 11.7 Å². The number of carbonyl (C=O) groups is 1. The van der Waals surface area contributed by atoms with Crippen LogP contribution in [0.15, 0.2) is 0 Å². The number of aryl methyl sites for hydroxylation is 2. The molecule has 1 heterocycles. The lowest BCUT2D eigenvalue weighted by molar-refractivity contribution is -0.122. The number of halogens is 1. The van der Waals surface area contributed by atoms with Gasteiger partial charge in [0.15, 0.2) is 0 Å².